The molecule has 1 aromatic carbocycles. The third-order valence-corrected chi connectivity index (χ3v) is 4.93. The molecule has 2 heterocycles. The molecule has 1 aliphatic rings. The number of amides is 1. The van der Waals surface area contributed by atoms with Gasteiger partial charge in [0.25, 0.3) is 17.7 Å². The van der Waals surface area contributed by atoms with E-state index in [0.29, 0.717) is 17.3 Å². The number of methoxy groups -OCH3 is 1. The highest BCUT2D eigenvalue weighted by molar-refractivity contribution is 5.98. The van der Waals surface area contributed by atoms with Crippen LogP contribution in [-0.4, -0.2) is 40.1 Å². The van der Waals surface area contributed by atoms with Crippen molar-refractivity contribution in [3.63, 3.8) is 0 Å². The summed E-state index contributed by atoms with van der Waals surface area (Å²) < 4.78 is 11.1. The average molecular weight is 366 g/mol. The molecule has 140 valence electrons. The standard InChI is InChI=1S/C20H22N4O3/c1-26-19-20(23-11-10-22-19)27-16-6-4-15(5-7-16)24-18(25)14-3-2-13-8-9-21-17(13)12-14/h2-3,8-12,15-16,21H,4-7H2,1H3,(H,24,25). The van der Waals surface area contributed by atoms with Crippen LogP contribution in [0.5, 0.6) is 11.8 Å². The molecule has 0 atom stereocenters. The van der Waals surface area contributed by atoms with Crippen molar-refractivity contribution in [3.8, 4) is 11.8 Å². The summed E-state index contributed by atoms with van der Waals surface area (Å²) in [5, 5.41) is 4.24. The number of fused-ring (bicyclic) bond motifs is 1. The van der Waals surface area contributed by atoms with Gasteiger partial charge < -0.3 is 19.8 Å². The summed E-state index contributed by atoms with van der Waals surface area (Å²) in [6.07, 6.45) is 8.51. The smallest absolute Gasteiger partial charge is 0.278 e. The Morgan fingerprint density at radius 1 is 1.11 bits per heavy atom. The number of benzene rings is 1. The minimum Gasteiger partial charge on any atom is -0.477 e. The highest BCUT2D eigenvalue weighted by Crippen LogP contribution is 2.27. The Kier molecular flexibility index (Phi) is 4.91. The summed E-state index contributed by atoms with van der Waals surface area (Å²) in [7, 11) is 1.55. The lowest BCUT2D eigenvalue weighted by atomic mass is 9.92. The van der Waals surface area contributed by atoms with Crippen molar-refractivity contribution in [3.05, 3.63) is 48.4 Å². The lowest BCUT2D eigenvalue weighted by Crippen LogP contribution is -2.39. The number of rotatable bonds is 5. The molecule has 0 bridgehead atoms. The van der Waals surface area contributed by atoms with Gasteiger partial charge in [-0.15, -0.1) is 0 Å². The van der Waals surface area contributed by atoms with E-state index in [-0.39, 0.29) is 18.1 Å². The summed E-state index contributed by atoms with van der Waals surface area (Å²) in [5.41, 5.74) is 1.64. The minimum absolute atomic E-state index is 0.0357. The number of nitrogens with zero attached hydrogens (tertiary/aromatic N) is 2. The van der Waals surface area contributed by atoms with Gasteiger partial charge in [0.1, 0.15) is 6.10 Å². The average Bonchev–Trinajstić information content (AvgIpc) is 3.17. The molecule has 2 aromatic heterocycles. The van der Waals surface area contributed by atoms with Crippen molar-refractivity contribution in [2.24, 2.45) is 0 Å². The Balaban J connectivity index is 1.32. The topological polar surface area (TPSA) is 89.1 Å². The van der Waals surface area contributed by atoms with Gasteiger partial charge in [-0.1, -0.05) is 6.07 Å². The quantitative estimate of drug-likeness (QED) is 0.724. The van der Waals surface area contributed by atoms with Gasteiger partial charge in [0.15, 0.2) is 0 Å². The Morgan fingerprint density at radius 3 is 2.67 bits per heavy atom. The van der Waals surface area contributed by atoms with Gasteiger partial charge >= 0.3 is 0 Å². The van der Waals surface area contributed by atoms with Gasteiger partial charge in [0.2, 0.25) is 0 Å². The van der Waals surface area contributed by atoms with Crippen molar-refractivity contribution >= 4 is 16.8 Å². The van der Waals surface area contributed by atoms with Crippen molar-refractivity contribution in [1.82, 2.24) is 20.3 Å². The van der Waals surface area contributed by atoms with Crippen LogP contribution in [0.15, 0.2) is 42.9 Å². The van der Waals surface area contributed by atoms with Gasteiger partial charge in [0.05, 0.1) is 7.11 Å². The van der Waals surface area contributed by atoms with E-state index in [1.54, 1.807) is 19.5 Å². The summed E-state index contributed by atoms with van der Waals surface area (Å²) in [6, 6.07) is 7.85. The zero-order chi connectivity index (χ0) is 18.6. The van der Waals surface area contributed by atoms with Crippen LogP contribution in [-0.2, 0) is 0 Å². The van der Waals surface area contributed by atoms with Gasteiger partial charge in [0, 0.05) is 35.7 Å². The summed E-state index contributed by atoms with van der Waals surface area (Å²) >= 11 is 0. The molecule has 7 heteroatoms. The first kappa shape index (κ1) is 17.3. The van der Waals surface area contributed by atoms with Crippen LogP contribution in [0.3, 0.4) is 0 Å². The molecule has 27 heavy (non-hydrogen) atoms. The molecule has 1 amide bonds. The first-order chi connectivity index (χ1) is 13.2. The second-order valence-corrected chi connectivity index (χ2v) is 6.72. The molecule has 0 radical (unpaired) electrons. The van der Waals surface area contributed by atoms with Crippen molar-refractivity contribution in [1.29, 1.82) is 0 Å². The molecule has 0 unspecified atom stereocenters. The molecule has 1 fully saturated rings. The van der Waals surface area contributed by atoms with Crippen LogP contribution in [0.25, 0.3) is 10.9 Å². The number of hydrogen-bond acceptors (Lipinski definition) is 5. The third-order valence-electron chi connectivity index (χ3n) is 4.93. The molecule has 7 nitrogen and oxygen atoms in total. The highest BCUT2D eigenvalue weighted by Gasteiger charge is 2.25. The summed E-state index contributed by atoms with van der Waals surface area (Å²) in [6.45, 7) is 0. The first-order valence-electron chi connectivity index (χ1n) is 9.12. The number of carbonyl (C=O) groups excluding carboxylic acids is 1. The van der Waals surface area contributed by atoms with E-state index >= 15 is 0 Å². The van der Waals surface area contributed by atoms with E-state index in [2.05, 4.69) is 20.3 Å². The number of hydrogen-bond donors (Lipinski definition) is 2. The van der Waals surface area contributed by atoms with Crippen LogP contribution in [0.1, 0.15) is 36.0 Å². The molecule has 2 N–H and O–H groups in total. The number of aromatic amines is 1. The maximum atomic E-state index is 12.5. The van der Waals surface area contributed by atoms with Crippen LogP contribution < -0.4 is 14.8 Å². The maximum Gasteiger partial charge on any atom is 0.278 e. The predicted octanol–water partition coefficient (Wildman–Crippen LogP) is 3.09. The van der Waals surface area contributed by atoms with E-state index in [4.69, 9.17) is 9.47 Å². The second-order valence-electron chi connectivity index (χ2n) is 6.72. The number of nitrogens with one attached hydrogen (secondary N) is 2. The fourth-order valence-electron chi connectivity index (χ4n) is 3.47. The van der Waals surface area contributed by atoms with E-state index in [0.717, 1.165) is 36.6 Å². The molecule has 1 aliphatic carbocycles. The number of H-pyrrole nitrogens is 1. The fraction of sp³-hybridized carbons (Fsp3) is 0.350. The van der Waals surface area contributed by atoms with E-state index in [9.17, 15) is 4.79 Å². The van der Waals surface area contributed by atoms with Crippen LogP contribution >= 0.6 is 0 Å². The molecule has 4 rings (SSSR count). The van der Waals surface area contributed by atoms with Gasteiger partial charge in [-0.05, 0) is 49.3 Å². The Labute approximate surface area is 157 Å². The molecular formula is C20H22N4O3. The summed E-state index contributed by atoms with van der Waals surface area (Å²) in [5.74, 6) is 0.783. The van der Waals surface area contributed by atoms with Gasteiger partial charge in [-0.3, -0.25) is 4.79 Å². The lowest BCUT2D eigenvalue weighted by molar-refractivity contribution is 0.0886. The molecule has 0 spiro atoms. The van der Waals surface area contributed by atoms with E-state index in [1.165, 1.54) is 0 Å². The van der Waals surface area contributed by atoms with E-state index in [1.807, 2.05) is 30.5 Å². The third kappa shape index (κ3) is 3.86. The molecule has 3 aromatic rings. The van der Waals surface area contributed by atoms with Gasteiger partial charge in [-0.25, -0.2) is 9.97 Å². The molecule has 0 saturated heterocycles. The lowest BCUT2D eigenvalue weighted by Gasteiger charge is -2.29. The zero-order valence-electron chi connectivity index (χ0n) is 15.1. The van der Waals surface area contributed by atoms with Crippen molar-refractivity contribution in [2.45, 2.75) is 37.8 Å². The highest BCUT2D eigenvalue weighted by atomic mass is 16.5. The SMILES string of the molecule is COc1nccnc1OC1CCC(NC(=O)c2ccc3cc[nH]c3c2)CC1. The summed E-state index contributed by atoms with van der Waals surface area (Å²) in [4.78, 5) is 24.0. The van der Waals surface area contributed by atoms with Crippen molar-refractivity contribution in [2.75, 3.05) is 7.11 Å². The van der Waals surface area contributed by atoms with Crippen LogP contribution in [0.4, 0.5) is 0 Å². The number of aromatic nitrogens is 3. The normalized spacial score (nSPS) is 19.6. The molecular weight excluding hydrogens is 344 g/mol. The van der Waals surface area contributed by atoms with Crippen LogP contribution in [0, 0.1) is 0 Å². The van der Waals surface area contributed by atoms with Gasteiger partial charge in [-0.2, -0.15) is 0 Å². The monoisotopic (exact) mass is 366 g/mol. The number of carbonyl (C=O) groups is 1. The number of ether oxygens (including phenoxy) is 2. The second kappa shape index (κ2) is 7.65. The zero-order valence-corrected chi connectivity index (χ0v) is 15.1. The Morgan fingerprint density at radius 2 is 1.89 bits per heavy atom. The van der Waals surface area contributed by atoms with Crippen LogP contribution in [0.2, 0.25) is 0 Å². The first-order valence-corrected chi connectivity index (χ1v) is 9.12. The largest absolute Gasteiger partial charge is 0.477 e. The van der Waals surface area contributed by atoms with E-state index < -0.39 is 0 Å². The molecule has 0 aliphatic heterocycles. The minimum atomic E-state index is -0.0357. The van der Waals surface area contributed by atoms with Crippen molar-refractivity contribution < 1.29 is 14.3 Å². The fourth-order valence-corrected chi connectivity index (χ4v) is 3.47. The Bertz CT molecular complexity index is 932. The Hall–Kier alpha value is -3.09. The molecule has 1 saturated carbocycles. The maximum absolute atomic E-state index is 12.5. The predicted molar refractivity (Wildman–Crippen MR) is 101 cm³/mol.